The third-order valence-corrected chi connectivity index (χ3v) is 4.32. The summed E-state index contributed by atoms with van der Waals surface area (Å²) in [7, 11) is 0. The fraction of sp³-hybridized carbons (Fsp3) is 0.875. The summed E-state index contributed by atoms with van der Waals surface area (Å²) in [6, 6.07) is 0.741. The van der Waals surface area contributed by atoms with Crippen LogP contribution in [0, 0.1) is 11.3 Å². The van der Waals surface area contributed by atoms with E-state index in [1.165, 1.54) is 12.8 Å². The van der Waals surface area contributed by atoms with Crippen LogP contribution in [0.15, 0.2) is 0 Å². The Morgan fingerprint density at radius 3 is 2.14 bits per heavy atom. The first-order valence-corrected chi connectivity index (χ1v) is 8.04. The molecular weight excluding hydrogens is 268 g/mol. The lowest BCUT2D eigenvalue weighted by Gasteiger charge is -2.38. The predicted octanol–water partition coefficient (Wildman–Crippen LogP) is 1.52. The Morgan fingerprint density at radius 2 is 1.71 bits per heavy atom. The van der Waals surface area contributed by atoms with Gasteiger partial charge in [0.15, 0.2) is 0 Å². The maximum absolute atomic E-state index is 12.8. The lowest BCUT2D eigenvalue weighted by atomic mass is 9.79. The molecule has 0 aromatic rings. The summed E-state index contributed by atoms with van der Waals surface area (Å²) in [5.74, 6) is -1.17. The molecule has 1 heterocycles. The van der Waals surface area contributed by atoms with Crippen LogP contribution in [0.5, 0.6) is 0 Å². The fourth-order valence-electron chi connectivity index (χ4n) is 2.98. The Morgan fingerprint density at radius 1 is 1.14 bits per heavy atom. The van der Waals surface area contributed by atoms with Gasteiger partial charge in [-0.15, -0.1) is 0 Å². The average Bonchev–Trinajstić information content (AvgIpc) is 3.22. The molecule has 5 heteroatoms. The van der Waals surface area contributed by atoms with Gasteiger partial charge in [0.05, 0.1) is 6.61 Å². The third kappa shape index (κ3) is 3.96. The van der Waals surface area contributed by atoms with E-state index in [-0.39, 0.29) is 11.9 Å². The van der Waals surface area contributed by atoms with Crippen LogP contribution in [0.4, 0.5) is 0 Å². The Bertz CT molecular complexity index is 391. The number of hydrogen-bond donors (Lipinski definition) is 0. The summed E-state index contributed by atoms with van der Waals surface area (Å²) < 4.78 is 5.11. The van der Waals surface area contributed by atoms with Crippen molar-refractivity contribution in [1.29, 1.82) is 0 Å². The van der Waals surface area contributed by atoms with Gasteiger partial charge in [-0.05, 0) is 25.2 Å². The van der Waals surface area contributed by atoms with E-state index in [0.717, 1.165) is 32.2 Å². The minimum absolute atomic E-state index is 0.0728. The maximum atomic E-state index is 12.8. The molecule has 0 radical (unpaired) electrons. The monoisotopic (exact) mass is 296 g/mol. The highest BCUT2D eigenvalue weighted by molar-refractivity contribution is 5.98. The second kappa shape index (κ2) is 6.34. The van der Waals surface area contributed by atoms with E-state index in [9.17, 15) is 9.59 Å². The minimum Gasteiger partial charge on any atom is -0.465 e. The van der Waals surface area contributed by atoms with Crippen LogP contribution in [-0.4, -0.2) is 60.5 Å². The molecule has 0 aromatic heterocycles. The normalized spacial score (nSPS) is 22.0. The lowest BCUT2D eigenvalue weighted by molar-refractivity contribution is -0.161. The average molecular weight is 296 g/mol. The number of piperazine rings is 1. The van der Waals surface area contributed by atoms with Gasteiger partial charge in [-0.2, -0.15) is 0 Å². The second-order valence-corrected chi connectivity index (χ2v) is 7.14. The number of hydrogen-bond acceptors (Lipinski definition) is 4. The van der Waals surface area contributed by atoms with E-state index < -0.39 is 11.3 Å². The second-order valence-electron chi connectivity index (χ2n) is 7.14. The first-order chi connectivity index (χ1) is 9.84. The molecule has 5 nitrogen and oxygen atoms in total. The minimum atomic E-state index is -0.704. The van der Waals surface area contributed by atoms with Crippen molar-refractivity contribution in [2.75, 3.05) is 32.8 Å². The molecule has 0 aromatic carbocycles. The van der Waals surface area contributed by atoms with Gasteiger partial charge in [-0.25, -0.2) is 0 Å². The van der Waals surface area contributed by atoms with Gasteiger partial charge in [0.25, 0.3) is 0 Å². The Balaban J connectivity index is 1.99. The lowest BCUT2D eigenvalue weighted by Crippen LogP contribution is -2.53. The van der Waals surface area contributed by atoms with E-state index in [1.807, 2.05) is 25.7 Å². The molecule has 1 amide bonds. The molecule has 1 atom stereocenters. The number of amides is 1. The topological polar surface area (TPSA) is 49.9 Å². The van der Waals surface area contributed by atoms with E-state index in [0.29, 0.717) is 6.61 Å². The van der Waals surface area contributed by atoms with Crippen molar-refractivity contribution in [3.8, 4) is 0 Å². The molecule has 0 bridgehead atoms. The first-order valence-electron chi connectivity index (χ1n) is 8.04. The van der Waals surface area contributed by atoms with Gasteiger partial charge < -0.3 is 9.64 Å². The van der Waals surface area contributed by atoms with Gasteiger partial charge in [0, 0.05) is 32.2 Å². The zero-order chi connectivity index (χ0) is 15.6. The van der Waals surface area contributed by atoms with Crippen LogP contribution >= 0.6 is 0 Å². The van der Waals surface area contributed by atoms with Crippen LogP contribution in [-0.2, 0) is 14.3 Å². The van der Waals surface area contributed by atoms with E-state index in [2.05, 4.69) is 4.90 Å². The van der Waals surface area contributed by atoms with Crippen LogP contribution in [0.2, 0.25) is 0 Å². The Hall–Kier alpha value is -1.10. The summed E-state index contributed by atoms with van der Waals surface area (Å²) in [4.78, 5) is 29.2. The number of nitrogens with zero attached hydrogens (tertiary/aromatic N) is 2. The third-order valence-electron chi connectivity index (χ3n) is 4.32. The number of esters is 1. The van der Waals surface area contributed by atoms with Crippen molar-refractivity contribution in [3.63, 3.8) is 0 Å². The number of carbonyl (C=O) groups is 2. The molecule has 1 unspecified atom stereocenters. The van der Waals surface area contributed by atoms with Crippen molar-refractivity contribution in [1.82, 2.24) is 9.80 Å². The summed E-state index contributed by atoms with van der Waals surface area (Å²) in [5.41, 5.74) is -0.420. The highest BCUT2D eigenvalue weighted by Gasteiger charge is 2.42. The van der Waals surface area contributed by atoms with E-state index in [4.69, 9.17) is 4.74 Å². The van der Waals surface area contributed by atoms with Crippen molar-refractivity contribution < 1.29 is 14.3 Å². The molecule has 2 fully saturated rings. The SMILES string of the molecule is CCOC(=O)C(C(=O)N1CCN(C2CC2)CC1)C(C)(C)C. The van der Waals surface area contributed by atoms with Crippen LogP contribution in [0.1, 0.15) is 40.5 Å². The first kappa shape index (κ1) is 16.3. The van der Waals surface area contributed by atoms with Gasteiger partial charge in [-0.3, -0.25) is 14.5 Å². The molecule has 0 spiro atoms. The van der Waals surface area contributed by atoms with Crippen LogP contribution in [0.25, 0.3) is 0 Å². The van der Waals surface area contributed by atoms with Crippen molar-refractivity contribution >= 4 is 11.9 Å². The summed E-state index contributed by atoms with van der Waals surface area (Å²) in [6.45, 7) is 11.2. The maximum Gasteiger partial charge on any atom is 0.319 e. The van der Waals surface area contributed by atoms with Gasteiger partial charge in [0.2, 0.25) is 5.91 Å². The van der Waals surface area contributed by atoms with E-state index >= 15 is 0 Å². The number of rotatable bonds is 4. The van der Waals surface area contributed by atoms with Crippen molar-refractivity contribution in [2.24, 2.45) is 11.3 Å². The largest absolute Gasteiger partial charge is 0.465 e. The van der Waals surface area contributed by atoms with Crippen molar-refractivity contribution in [2.45, 2.75) is 46.6 Å². The number of carbonyl (C=O) groups excluding carboxylic acids is 2. The summed E-state index contributed by atoms with van der Waals surface area (Å²) >= 11 is 0. The van der Waals surface area contributed by atoms with Gasteiger partial charge in [-0.1, -0.05) is 20.8 Å². The molecule has 0 N–H and O–H groups in total. The van der Waals surface area contributed by atoms with Crippen molar-refractivity contribution in [3.05, 3.63) is 0 Å². The molecule has 1 saturated heterocycles. The standard InChI is InChI=1S/C16H28N2O3/c1-5-21-15(20)13(16(2,3)4)14(19)18-10-8-17(9-11-18)12-6-7-12/h12-13H,5-11H2,1-4H3. The summed E-state index contributed by atoms with van der Waals surface area (Å²) in [5, 5.41) is 0. The molecule has 1 saturated carbocycles. The zero-order valence-corrected chi connectivity index (χ0v) is 13.7. The van der Waals surface area contributed by atoms with Gasteiger partial charge >= 0.3 is 5.97 Å². The van der Waals surface area contributed by atoms with Gasteiger partial charge in [0.1, 0.15) is 5.92 Å². The molecule has 120 valence electrons. The molecular formula is C16H28N2O3. The summed E-state index contributed by atoms with van der Waals surface area (Å²) in [6.07, 6.45) is 2.59. The quantitative estimate of drug-likeness (QED) is 0.583. The number of ether oxygens (including phenoxy) is 1. The van der Waals surface area contributed by atoms with E-state index in [1.54, 1.807) is 6.92 Å². The molecule has 1 aliphatic heterocycles. The predicted molar refractivity (Wildman–Crippen MR) is 80.8 cm³/mol. The highest BCUT2D eigenvalue weighted by atomic mass is 16.5. The fourth-order valence-corrected chi connectivity index (χ4v) is 2.98. The smallest absolute Gasteiger partial charge is 0.319 e. The molecule has 2 aliphatic rings. The molecule has 21 heavy (non-hydrogen) atoms. The Kier molecular flexibility index (Phi) is 4.91. The Labute approximate surface area is 127 Å². The van der Waals surface area contributed by atoms with Crippen LogP contribution < -0.4 is 0 Å². The zero-order valence-electron chi connectivity index (χ0n) is 13.7. The van der Waals surface area contributed by atoms with Crippen LogP contribution in [0.3, 0.4) is 0 Å². The molecule has 2 rings (SSSR count). The molecule has 1 aliphatic carbocycles. The highest BCUT2D eigenvalue weighted by Crippen LogP contribution is 2.31.